The summed E-state index contributed by atoms with van der Waals surface area (Å²) in [5.41, 5.74) is 2.38. The lowest BCUT2D eigenvalue weighted by Gasteiger charge is -2.10. The van der Waals surface area contributed by atoms with E-state index in [0.717, 1.165) is 11.3 Å². The highest BCUT2D eigenvalue weighted by molar-refractivity contribution is 5.88. The lowest BCUT2D eigenvalue weighted by molar-refractivity contribution is 0.0593. The Bertz CT molecular complexity index is 873. The van der Waals surface area contributed by atoms with Gasteiger partial charge in [-0.3, -0.25) is 0 Å². The third-order valence-electron chi connectivity index (χ3n) is 3.43. The molecule has 0 aliphatic heterocycles. The Labute approximate surface area is 132 Å². The second-order valence-electron chi connectivity index (χ2n) is 4.69. The summed E-state index contributed by atoms with van der Waals surface area (Å²) in [5.74, 6) is 0.737. The van der Waals surface area contributed by atoms with Crippen LogP contribution in [0.3, 0.4) is 0 Å². The molecule has 3 rings (SSSR count). The van der Waals surface area contributed by atoms with E-state index in [-0.39, 0.29) is 5.69 Å². The van der Waals surface area contributed by atoms with E-state index in [9.17, 15) is 4.79 Å². The average Bonchev–Trinajstić information content (AvgIpc) is 3.04. The van der Waals surface area contributed by atoms with Crippen LogP contribution < -0.4 is 9.47 Å². The standard InChI is InChI=1S/C16H15N3O4/c1-21-13-5-4-10(8-14(13)22-2)12-6-7-17-15-9-11(16(20)23-3)18-19(12)15/h4-9H,1-3H3. The number of hydrogen-bond donors (Lipinski definition) is 0. The molecule has 2 aromatic heterocycles. The Morgan fingerprint density at radius 3 is 2.52 bits per heavy atom. The summed E-state index contributed by atoms with van der Waals surface area (Å²) in [7, 11) is 4.47. The van der Waals surface area contributed by atoms with Crippen LogP contribution in [0.4, 0.5) is 0 Å². The van der Waals surface area contributed by atoms with Gasteiger partial charge in [0.25, 0.3) is 0 Å². The largest absolute Gasteiger partial charge is 0.493 e. The summed E-state index contributed by atoms with van der Waals surface area (Å²) in [6.07, 6.45) is 1.66. The van der Waals surface area contributed by atoms with E-state index >= 15 is 0 Å². The van der Waals surface area contributed by atoms with E-state index in [1.807, 2.05) is 24.3 Å². The summed E-state index contributed by atoms with van der Waals surface area (Å²) in [6, 6.07) is 8.92. The Morgan fingerprint density at radius 2 is 1.83 bits per heavy atom. The van der Waals surface area contributed by atoms with Gasteiger partial charge in [-0.05, 0) is 24.3 Å². The zero-order chi connectivity index (χ0) is 16.4. The summed E-state index contributed by atoms with van der Waals surface area (Å²) in [4.78, 5) is 15.9. The van der Waals surface area contributed by atoms with Crippen LogP contribution in [0.1, 0.15) is 10.5 Å². The fraction of sp³-hybridized carbons (Fsp3) is 0.188. The summed E-state index contributed by atoms with van der Waals surface area (Å²) in [5, 5.41) is 4.27. The van der Waals surface area contributed by atoms with Gasteiger partial charge in [-0.15, -0.1) is 0 Å². The summed E-state index contributed by atoms with van der Waals surface area (Å²) >= 11 is 0. The van der Waals surface area contributed by atoms with Crippen LogP contribution in [0, 0.1) is 0 Å². The van der Waals surface area contributed by atoms with Crippen LogP contribution in [0.5, 0.6) is 11.5 Å². The minimum Gasteiger partial charge on any atom is -0.493 e. The summed E-state index contributed by atoms with van der Waals surface area (Å²) < 4.78 is 16.9. The molecule has 3 aromatic rings. The van der Waals surface area contributed by atoms with Gasteiger partial charge in [0.05, 0.1) is 27.0 Å². The molecule has 0 atom stereocenters. The fourth-order valence-electron chi connectivity index (χ4n) is 2.31. The van der Waals surface area contributed by atoms with Crippen molar-refractivity contribution < 1.29 is 19.0 Å². The van der Waals surface area contributed by atoms with Crippen LogP contribution in [-0.4, -0.2) is 41.9 Å². The normalized spacial score (nSPS) is 10.6. The van der Waals surface area contributed by atoms with Crippen molar-refractivity contribution in [1.29, 1.82) is 0 Å². The number of carbonyl (C=O) groups excluding carboxylic acids is 1. The lowest BCUT2D eigenvalue weighted by atomic mass is 10.1. The van der Waals surface area contributed by atoms with Gasteiger partial charge >= 0.3 is 5.97 Å². The maximum atomic E-state index is 11.7. The molecule has 0 aliphatic rings. The molecule has 0 saturated carbocycles. The zero-order valence-corrected chi connectivity index (χ0v) is 12.9. The topological polar surface area (TPSA) is 75.0 Å². The van der Waals surface area contributed by atoms with Crippen molar-refractivity contribution in [2.75, 3.05) is 21.3 Å². The van der Waals surface area contributed by atoms with Crippen molar-refractivity contribution in [2.24, 2.45) is 0 Å². The number of esters is 1. The molecule has 0 bridgehead atoms. The maximum Gasteiger partial charge on any atom is 0.358 e. The Balaban J connectivity index is 2.16. The molecule has 7 nitrogen and oxygen atoms in total. The molecule has 0 radical (unpaired) electrons. The van der Waals surface area contributed by atoms with Crippen LogP contribution >= 0.6 is 0 Å². The van der Waals surface area contributed by atoms with Crippen LogP contribution in [0.25, 0.3) is 16.9 Å². The highest BCUT2D eigenvalue weighted by Crippen LogP contribution is 2.32. The van der Waals surface area contributed by atoms with Crippen LogP contribution in [-0.2, 0) is 4.74 Å². The van der Waals surface area contributed by atoms with Crippen molar-refractivity contribution in [2.45, 2.75) is 0 Å². The molecule has 0 unspecified atom stereocenters. The van der Waals surface area contributed by atoms with E-state index in [4.69, 9.17) is 14.2 Å². The highest BCUT2D eigenvalue weighted by Gasteiger charge is 2.15. The lowest BCUT2D eigenvalue weighted by Crippen LogP contribution is -2.03. The minimum atomic E-state index is -0.506. The molecule has 7 heteroatoms. The van der Waals surface area contributed by atoms with E-state index in [1.54, 1.807) is 31.0 Å². The molecule has 1 aromatic carbocycles. The van der Waals surface area contributed by atoms with E-state index in [0.29, 0.717) is 17.1 Å². The number of methoxy groups -OCH3 is 3. The van der Waals surface area contributed by atoms with Gasteiger partial charge in [0.2, 0.25) is 0 Å². The third kappa shape index (κ3) is 2.57. The van der Waals surface area contributed by atoms with Gasteiger partial charge in [0, 0.05) is 17.8 Å². The van der Waals surface area contributed by atoms with Gasteiger partial charge < -0.3 is 14.2 Å². The molecule has 2 heterocycles. The molecule has 0 spiro atoms. The molecule has 0 aliphatic carbocycles. The number of ether oxygens (including phenoxy) is 3. The van der Waals surface area contributed by atoms with Crippen molar-refractivity contribution in [3.63, 3.8) is 0 Å². The number of hydrogen-bond acceptors (Lipinski definition) is 6. The first-order chi connectivity index (χ1) is 11.2. The van der Waals surface area contributed by atoms with Crippen molar-refractivity contribution >= 4 is 11.6 Å². The van der Waals surface area contributed by atoms with E-state index < -0.39 is 5.97 Å². The van der Waals surface area contributed by atoms with E-state index in [2.05, 4.69) is 10.1 Å². The Kier molecular flexibility index (Phi) is 3.84. The molecule has 23 heavy (non-hydrogen) atoms. The first kappa shape index (κ1) is 14.8. The highest BCUT2D eigenvalue weighted by atomic mass is 16.5. The van der Waals surface area contributed by atoms with E-state index in [1.165, 1.54) is 7.11 Å². The summed E-state index contributed by atoms with van der Waals surface area (Å²) in [6.45, 7) is 0. The zero-order valence-electron chi connectivity index (χ0n) is 12.9. The Hall–Kier alpha value is -3.09. The Morgan fingerprint density at radius 1 is 1.04 bits per heavy atom. The number of fused-ring (bicyclic) bond motifs is 1. The molecule has 0 N–H and O–H groups in total. The average molecular weight is 313 g/mol. The molecule has 118 valence electrons. The second-order valence-corrected chi connectivity index (χ2v) is 4.69. The number of aromatic nitrogens is 3. The SMILES string of the molecule is COC(=O)c1cc2nccc(-c3ccc(OC)c(OC)c3)n2n1. The number of benzene rings is 1. The fourth-order valence-corrected chi connectivity index (χ4v) is 2.31. The molecular weight excluding hydrogens is 298 g/mol. The molecule has 0 saturated heterocycles. The molecule has 0 amide bonds. The van der Waals surface area contributed by atoms with Crippen molar-refractivity contribution in [1.82, 2.24) is 14.6 Å². The van der Waals surface area contributed by atoms with Crippen molar-refractivity contribution in [3.05, 3.63) is 42.2 Å². The molecular formula is C16H15N3O4. The second kappa shape index (κ2) is 5.96. The van der Waals surface area contributed by atoms with Crippen LogP contribution in [0.15, 0.2) is 36.5 Å². The predicted molar refractivity (Wildman–Crippen MR) is 82.9 cm³/mol. The maximum absolute atomic E-state index is 11.7. The minimum absolute atomic E-state index is 0.202. The van der Waals surface area contributed by atoms with Gasteiger partial charge in [-0.25, -0.2) is 14.3 Å². The first-order valence-corrected chi connectivity index (χ1v) is 6.83. The van der Waals surface area contributed by atoms with Crippen LogP contribution in [0.2, 0.25) is 0 Å². The van der Waals surface area contributed by atoms with Gasteiger partial charge in [-0.2, -0.15) is 5.10 Å². The van der Waals surface area contributed by atoms with Gasteiger partial charge in [0.1, 0.15) is 0 Å². The first-order valence-electron chi connectivity index (χ1n) is 6.83. The quantitative estimate of drug-likeness (QED) is 0.687. The number of carbonyl (C=O) groups is 1. The smallest absolute Gasteiger partial charge is 0.358 e. The van der Waals surface area contributed by atoms with Gasteiger partial charge in [-0.1, -0.05) is 0 Å². The number of nitrogens with zero attached hydrogens (tertiary/aromatic N) is 3. The third-order valence-corrected chi connectivity index (χ3v) is 3.43. The van der Waals surface area contributed by atoms with Gasteiger partial charge in [0.15, 0.2) is 22.8 Å². The monoisotopic (exact) mass is 313 g/mol. The predicted octanol–water partition coefficient (Wildman–Crippen LogP) is 2.20. The molecule has 0 fully saturated rings. The number of rotatable bonds is 4. The van der Waals surface area contributed by atoms with Crippen molar-refractivity contribution in [3.8, 4) is 22.8 Å².